The molecule has 13 heteroatoms. The second-order valence-electron chi connectivity index (χ2n) is 7.69. The Kier molecular flexibility index (Phi) is 7.10. The molecule has 0 amide bonds. The van der Waals surface area contributed by atoms with Gasteiger partial charge in [-0.25, -0.2) is 8.42 Å². The molecule has 1 heterocycles. The fourth-order valence-electron chi connectivity index (χ4n) is 3.64. The fourth-order valence-corrected chi connectivity index (χ4v) is 5.74. The van der Waals surface area contributed by atoms with E-state index < -0.39 is 56.1 Å². The van der Waals surface area contributed by atoms with Crippen molar-refractivity contribution in [2.24, 2.45) is 0 Å². The van der Waals surface area contributed by atoms with E-state index in [2.05, 4.69) is 4.18 Å². The minimum Gasteiger partial charge on any atom is -0.395 e. The maximum Gasteiger partial charge on any atom is 0.534 e. The molecule has 2 aromatic rings. The summed E-state index contributed by atoms with van der Waals surface area (Å²) in [6.07, 6.45) is -1.15. The van der Waals surface area contributed by atoms with Crippen LogP contribution in [0, 0.1) is 6.92 Å². The van der Waals surface area contributed by atoms with Crippen LogP contribution in [0.4, 0.5) is 13.2 Å². The monoisotopic (exact) mass is 509 g/mol. The zero-order valence-corrected chi connectivity index (χ0v) is 18.9. The Labute approximate surface area is 189 Å². The number of sulfonamides is 1. The third-order valence-corrected chi connectivity index (χ3v) is 8.31. The maximum absolute atomic E-state index is 13.1. The molecule has 2 aromatic carbocycles. The molecule has 3 unspecified atom stereocenters. The van der Waals surface area contributed by atoms with Gasteiger partial charge in [-0.15, -0.1) is 0 Å². The first-order valence-corrected chi connectivity index (χ1v) is 12.6. The van der Waals surface area contributed by atoms with Gasteiger partial charge in [-0.3, -0.25) is 0 Å². The molecule has 1 fully saturated rings. The number of aliphatic hydroxyl groups excluding tert-OH is 2. The summed E-state index contributed by atoms with van der Waals surface area (Å²) in [5.41, 5.74) is -4.29. The first-order chi connectivity index (χ1) is 15.3. The van der Waals surface area contributed by atoms with Crippen LogP contribution in [0.25, 0.3) is 0 Å². The van der Waals surface area contributed by atoms with Gasteiger partial charge in [0.2, 0.25) is 10.0 Å². The Bertz CT molecular complexity index is 1180. The summed E-state index contributed by atoms with van der Waals surface area (Å²) in [4.78, 5) is 0.0181. The molecule has 0 spiro atoms. The van der Waals surface area contributed by atoms with Crippen LogP contribution in [0.15, 0.2) is 53.4 Å². The number of benzene rings is 2. The van der Waals surface area contributed by atoms with Gasteiger partial charge in [0.1, 0.15) is 5.75 Å². The predicted octanol–water partition coefficient (Wildman–Crippen LogP) is 2.12. The lowest BCUT2D eigenvalue weighted by molar-refractivity contribution is -0.0500. The summed E-state index contributed by atoms with van der Waals surface area (Å²) in [7, 11) is -9.82. The Morgan fingerprint density at radius 1 is 1.03 bits per heavy atom. The molecule has 0 bridgehead atoms. The Morgan fingerprint density at radius 2 is 1.61 bits per heavy atom. The van der Waals surface area contributed by atoms with Crippen molar-refractivity contribution in [2.45, 2.75) is 41.8 Å². The molecular weight excluding hydrogens is 487 g/mol. The first-order valence-electron chi connectivity index (χ1n) is 9.74. The first kappa shape index (κ1) is 25.4. The van der Waals surface area contributed by atoms with Crippen molar-refractivity contribution in [2.75, 3.05) is 13.2 Å². The zero-order valence-electron chi connectivity index (χ0n) is 17.3. The Hall–Kier alpha value is -2.19. The number of rotatable bonds is 6. The van der Waals surface area contributed by atoms with Crippen molar-refractivity contribution in [3.63, 3.8) is 0 Å². The summed E-state index contributed by atoms with van der Waals surface area (Å²) >= 11 is 0. The van der Waals surface area contributed by atoms with Crippen molar-refractivity contribution >= 4 is 20.1 Å². The number of hydrogen-bond acceptors (Lipinski definition) is 7. The highest BCUT2D eigenvalue weighted by molar-refractivity contribution is 7.89. The molecule has 3 rings (SSSR count). The SMILES string of the molecule is Cc1ccc(S(=O)(=O)N2CC(O)C(c3ccc(OS(=O)(=O)C(F)(F)F)cc3)CC2CO)cc1. The number of β-amino-alcohol motifs (C(OH)–C–C–N with tert-alkyl or cyclic N) is 1. The van der Waals surface area contributed by atoms with Gasteiger partial charge in [0.25, 0.3) is 0 Å². The van der Waals surface area contributed by atoms with E-state index in [1.165, 1.54) is 24.3 Å². The molecule has 182 valence electrons. The van der Waals surface area contributed by atoms with Crippen LogP contribution < -0.4 is 4.18 Å². The highest BCUT2D eigenvalue weighted by Gasteiger charge is 2.48. The number of halogens is 3. The largest absolute Gasteiger partial charge is 0.534 e. The standard InChI is InChI=1S/C20H22F3NO7S2/c1-13-2-8-17(9-3-13)32(27,28)24-11-19(26)18(10-15(24)12-25)14-4-6-16(7-5-14)31-33(29,30)20(21,22)23/h2-9,15,18-19,25-26H,10-12H2,1H3. The van der Waals surface area contributed by atoms with E-state index in [1.807, 2.05) is 0 Å². The fraction of sp³-hybridized carbons (Fsp3) is 0.400. The van der Waals surface area contributed by atoms with Gasteiger partial charge < -0.3 is 14.4 Å². The topological polar surface area (TPSA) is 121 Å². The molecule has 1 aliphatic rings. The van der Waals surface area contributed by atoms with Crippen molar-refractivity contribution in [1.29, 1.82) is 0 Å². The minimum absolute atomic E-state index is 0.0181. The lowest BCUT2D eigenvalue weighted by Gasteiger charge is -2.40. The maximum atomic E-state index is 13.1. The quantitative estimate of drug-likeness (QED) is 0.452. The molecule has 0 aromatic heterocycles. The van der Waals surface area contributed by atoms with E-state index in [0.717, 1.165) is 22.0 Å². The third kappa shape index (κ3) is 5.32. The third-order valence-electron chi connectivity index (χ3n) is 5.40. The van der Waals surface area contributed by atoms with Gasteiger partial charge in [-0.2, -0.15) is 25.9 Å². The van der Waals surface area contributed by atoms with Gasteiger partial charge >= 0.3 is 15.6 Å². The molecule has 33 heavy (non-hydrogen) atoms. The van der Waals surface area contributed by atoms with Crippen molar-refractivity contribution < 1.29 is 44.4 Å². The van der Waals surface area contributed by atoms with Crippen LogP contribution in [0.1, 0.15) is 23.5 Å². The van der Waals surface area contributed by atoms with E-state index in [9.17, 15) is 40.2 Å². The van der Waals surface area contributed by atoms with Gasteiger partial charge in [-0.05, 0) is 43.2 Å². The summed E-state index contributed by atoms with van der Waals surface area (Å²) < 4.78 is 90.9. The second kappa shape index (κ2) is 9.22. The normalized spacial score (nSPS) is 22.8. The predicted molar refractivity (Wildman–Crippen MR) is 111 cm³/mol. The Morgan fingerprint density at radius 3 is 2.12 bits per heavy atom. The van der Waals surface area contributed by atoms with Gasteiger partial charge in [-0.1, -0.05) is 29.8 Å². The number of hydrogen-bond donors (Lipinski definition) is 2. The minimum atomic E-state index is -5.82. The molecule has 3 atom stereocenters. The number of nitrogens with zero attached hydrogens (tertiary/aromatic N) is 1. The van der Waals surface area contributed by atoms with E-state index >= 15 is 0 Å². The van der Waals surface area contributed by atoms with Crippen molar-refractivity contribution in [3.05, 3.63) is 59.7 Å². The van der Waals surface area contributed by atoms with Crippen molar-refractivity contribution in [1.82, 2.24) is 4.31 Å². The number of piperidine rings is 1. The molecule has 1 saturated heterocycles. The van der Waals surface area contributed by atoms with E-state index in [0.29, 0.717) is 5.56 Å². The smallest absolute Gasteiger partial charge is 0.395 e. The van der Waals surface area contributed by atoms with E-state index in [-0.39, 0.29) is 17.9 Å². The summed E-state index contributed by atoms with van der Waals surface area (Å²) in [6.45, 7) is 0.975. The lowest BCUT2D eigenvalue weighted by atomic mass is 9.84. The molecule has 2 N–H and O–H groups in total. The summed E-state index contributed by atoms with van der Waals surface area (Å²) in [5.74, 6) is -1.22. The van der Waals surface area contributed by atoms with Crippen LogP contribution >= 0.6 is 0 Å². The van der Waals surface area contributed by atoms with E-state index in [1.54, 1.807) is 19.1 Å². The number of aryl methyl sites for hydroxylation is 1. The Balaban J connectivity index is 1.80. The lowest BCUT2D eigenvalue weighted by Crippen LogP contribution is -2.52. The number of alkyl halides is 3. The van der Waals surface area contributed by atoms with Gasteiger partial charge in [0.05, 0.1) is 17.6 Å². The highest BCUT2D eigenvalue weighted by Crippen LogP contribution is 2.36. The van der Waals surface area contributed by atoms with Crippen LogP contribution in [-0.2, 0) is 20.1 Å². The summed E-state index contributed by atoms with van der Waals surface area (Å²) in [6, 6.07) is 9.87. The average Bonchev–Trinajstić information content (AvgIpc) is 2.73. The molecular formula is C20H22F3NO7S2. The number of aliphatic hydroxyl groups is 2. The highest BCUT2D eigenvalue weighted by atomic mass is 32.2. The van der Waals surface area contributed by atoms with Crippen LogP contribution in [0.2, 0.25) is 0 Å². The second-order valence-corrected chi connectivity index (χ2v) is 11.1. The molecule has 8 nitrogen and oxygen atoms in total. The van der Waals surface area contributed by atoms with Crippen LogP contribution in [0.5, 0.6) is 5.75 Å². The van der Waals surface area contributed by atoms with Crippen molar-refractivity contribution in [3.8, 4) is 5.75 Å². The molecule has 1 aliphatic heterocycles. The van der Waals surface area contributed by atoms with Gasteiger partial charge in [0.15, 0.2) is 0 Å². The molecule has 0 saturated carbocycles. The zero-order chi connectivity index (χ0) is 24.6. The van der Waals surface area contributed by atoms with Crippen LogP contribution in [-0.4, -0.2) is 62.2 Å². The van der Waals surface area contributed by atoms with E-state index in [4.69, 9.17) is 0 Å². The van der Waals surface area contributed by atoms with Crippen LogP contribution in [0.3, 0.4) is 0 Å². The summed E-state index contributed by atoms with van der Waals surface area (Å²) in [5, 5.41) is 20.5. The molecule has 0 aliphatic carbocycles. The van der Waals surface area contributed by atoms with Gasteiger partial charge in [0, 0.05) is 18.5 Å². The average molecular weight is 510 g/mol. The molecule has 0 radical (unpaired) electrons.